The zero-order chi connectivity index (χ0) is 27.4. The average Bonchev–Trinajstić information content (AvgIpc) is 2.98. The molecule has 0 fully saturated rings. The van der Waals surface area contributed by atoms with Crippen molar-refractivity contribution >= 4 is 11.6 Å². The number of phenols is 1. The van der Waals surface area contributed by atoms with Crippen molar-refractivity contribution in [1.29, 1.82) is 0 Å². The van der Waals surface area contributed by atoms with Crippen molar-refractivity contribution < 1.29 is 33.6 Å². The molecule has 0 saturated heterocycles. The van der Waals surface area contributed by atoms with Gasteiger partial charge in [0.1, 0.15) is 29.1 Å². The summed E-state index contributed by atoms with van der Waals surface area (Å²) in [5.74, 6) is 1.35. The van der Waals surface area contributed by atoms with E-state index in [0.29, 0.717) is 34.8 Å². The molecule has 4 aromatic carbocycles. The second-order valence-electron chi connectivity index (χ2n) is 9.13. The maximum Gasteiger partial charge on any atom is 0.211 e. The van der Waals surface area contributed by atoms with Crippen LogP contribution >= 0.6 is 0 Å². The van der Waals surface area contributed by atoms with E-state index in [4.69, 9.17) is 18.9 Å². The number of fused-ring (bicyclic) bond motifs is 2. The van der Waals surface area contributed by atoms with E-state index in [1.54, 1.807) is 6.07 Å². The SMILES string of the molecule is COc1cc(O)c2c(c1)OC(c1ccccc1)C(=O)C2OC.O=C1CC(c2ccccc2)Oc2ccccc21. The quantitative estimate of drug-likeness (QED) is 0.341. The molecule has 7 heteroatoms. The molecule has 0 aliphatic carbocycles. The van der Waals surface area contributed by atoms with E-state index in [2.05, 4.69) is 0 Å². The fraction of sp³-hybridized carbons (Fsp3) is 0.188. The summed E-state index contributed by atoms with van der Waals surface area (Å²) in [4.78, 5) is 24.6. The predicted molar refractivity (Wildman–Crippen MR) is 144 cm³/mol. The first-order valence-corrected chi connectivity index (χ1v) is 12.5. The predicted octanol–water partition coefficient (Wildman–Crippen LogP) is 6.18. The highest BCUT2D eigenvalue weighted by Crippen LogP contribution is 2.46. The zero-order valence-corrected chi connectivity index (χ0v) is 21.6. The van der Waals surface area contributed by atoms with Gasteiger partial charge in [0.2, 0.25) is 5.78 Å². The summed E-state index contributed by atoms with van der Waals surface area (Å²) in [5.41, 5.74) is 2.82. The molecule has 0 bridgehead atoms. The third-order valence-electron chi connectivity index (χ3n) is 6.69. The Morgan fingerprint density at radius 2 is 1.41 bits per heavy atom. The van der Waals surface area contributed by atoms with Crippen LogP contribution in [0.2, 0.25) is 0 Å². The third-order valence-corrected chi connectivity index (χ3v) is 6.69. The Hall–Kier alpha value is -4.62. The Labute approximate surface area is 226 Å². The Morgan fingerprint density at radius 3 is 2.08 bits per heavy atom. The Bertz CT molecular complexity index is 1470. The number of Topliss-reactive ketones (excluding diaryl/α,β-unsaturated/α-hetero) is 2. The molecular weight excluding hydrogens is 496 g/mol. The summed E-state index contributed by atoms with van der Waals surface area (Å²) >= 11 is 0. The lowest BCUT2D eigenvalue weighted by Crippen LogP contribution is -2.31. The summed E-state index contributed by atoms with van der Waals surface area (Å²) < 4.78 is 22.1. The van der Waals surface area contributed by atoms with E-state index in [-0.39, 0.29) is 23.4 Å². The minimum absolute atomic E-state index is 0.0824. The van der Waals surface area contributed by atoms with Crippen molar-refractivity contribution in [2.75, 3.05) is 14.2 Å². The molecule has 2 aliphatic rings. The number of methoxy groups -OCH3 is 2. The largest absolute Gasteiger partial charge is 0.507 e. The normalized spacial score (nSPS) is 19.4. The number of ketones is 2. The highest BCUT2D eigenvalue weighted by molar-refractivity contribution is 6.00. The molecule has 39 heavy (non-hydrogen) atoms. The summed E-state index contributed by atoms with van der Waals surface area (Å²) in [6.45, 7) is 0. The summed E-state index contributed by atoms with van der Waals surface area (Å²) in [6, 6.07) is 29.6. The second kappa shape index (κ2) is 11.4. The molecule has 0 aromatic heterocycles. The van der Waals surface area contributed by atoms with Gasteiger partial charge < -0.3 is 24.1 Å². The van der Waals surface area contributed by atoms with Crippen LogP contribution in [0, 0.1) is 0 Å². The fourth-order valence-electron chi connectivity index (χ4n) is 4.75. The number of carbonyl (C=O) groups is 2. The van der Waals surface area contributed by atoms with Crippen LogP contribution in [0.5, 0.6) is 23.0 Å². The molecule has 0 spiro atoms. The van der Waals surface area contributed by atoms with Gasteiger partial charge in [-0.15, -0.1) is 0 Å². The summed E-state index contributed by atoms with van der Waals surface area (Å²) in [6.07, 6.45) is -1.38. The smallest absolute Gasteiger partial charge is 0.211 e. The Balaban J connectivity index is 0.000000163. The van der Waals surface area contributed by atoms with Crippen molar-refractivity contribution in [1.82, 2.24) is 0 Å². The molecule has 3 unspecified atom stereocenters. The highest BCUT2D eigenvalue weighted by atomic mass is 16.5. The van der Waals surface area contributed by atoms with E-state index in [0.717, 1.165) is 11.1 Å². The maximum atomic E-state index is 12.6. The van der Waals surface area contributed by atoms with E-state index >= 15 is 0 Å². The third kappa shape index (κ3) is 5.35. The number of hydrogen-bond donors (Lipinski definition) is 1. The van der Waals surface area contributed by atoms with Crippen molar-refractivity contribution in [3.8, 4) is 23.0 Å². The molecule has 198 valence electrons. The molecule has 0 radical (unpaired) electrons. The van der Waals surface area contributed by atoms with Crippen molar-refractivity contribution in [3.63, 3.8) is 0 Å². The van der Waals surface area contributed by atoms with Gasteiger partial charge in [-0.25, -0.2) is 0 Å². The van der Waals surface area contributed by atoms with Gasteiger partial charge in [-0.1, -0.05) is 72.8 Å². The monoisotopic (exact) mass is 524 g/mol. The van der Waals surface area contributed by atoms with E-state index < -0.39 is 12.2 Å². The number of phenolic OH excluding ortho intramolecular Hbond substituents is 1. The van der Waals surface area contributed by atoms with E-state index in [1.807, 2.05) is 84.9 Å². The lowest BCUT2D eigenvalue weighted by atomic mass is 9.93. The number of ether oxygens (including phenoxy) is 4. The first kappa shape index (κ1) is 26.0. The molecule has 1 N–H and O–H groups in total. The van der Waals surface area contributed by atoms with Crippen molar-refractivity contribution in [2.45, 2.75) is 24.7 Å². The van der Waals surface area contributed by atoms with Crippen LogP contribution in [0.1, 0.15) is 51.8 Å². The van der Waals surface area contributed by atoms with Crippen LogP contribution in [0.4, 0.5) is 0 Å². The number of aromatic hydroxyl groups is 1. The fourth-order valence-corrected chi connectivity index (χ4v) is 4.75. The molecule has 3 atom stereocenters. The van der Waals surface area contributed by atoms with Gasteiger partial charge in [0.05, 0.1) is 24.7 Å². The topological polar surface area (TPSA) is 91.3 Å². The van der Waals surface area contributed by atoms with Crippen LogP contribution in [-0.4, -0.2) is 30.9 Å². The Kier molecular flexibility index (Phi) is 7.61. The summed E-state index contributed by atoms with van der Waals surface area (Å²) in [7, 11) is 2.93. The highest BCUT2D eigenvalue weighted by Gasteiger charge is 2.40. The molecule has 2 aliphatic heterocycles. The zero-order valence-electron chi connectivity index (χ0n) is 21.6. The Morgan fingerprint density at radius 1 is 0.769 bits per heavy atom. The van der Waals surface area contributed by atoms with Crippen LogP contribution < -0.4 is 14.2 Å². The summed E-state index contributed by atoms with van der Waals surface area (Å²) in [5, 5.41) is 10.2. The van der Waals surface area contributed by atoms with Crippen molar-refractivity contribution in [2.24, 2.45) is 0 Å². The molecule has 0 amide bonds. The van der Waals surface area contributed by atoms with Gasteiger partial charge in [0, 0.05) is 19.2 Å². The lowest BCUT2D eigenvalue weighted by Gasteiger charge is -2.31. The van der Waals surface area contributed by atoms with Crippen LogP contribution in [0.25, 0.3) is 0 Å². The minimum Gasteiger partial charge on any atom is -0.507 e. The van der Waals surface area contributed by atoms with Crippen LogP contribution in [-0.2, 0) is 9.53 Å². The van der Waals surface area contributed by atoms with Crippen LogP contribution in [0.15, 0.2) is 97.1 Å². The van der Waals surface area contributed by atoms with E-state index in [9.17, 15) is 14.7 Å². The second-order valence-corrected chi connectivity index (χ2v) is 9.13. The van der Waals surface area contributed by atoms with Crippen LogP contribution in [0.3, 0.4) is 0 Å². The molecule has 4 aromatic rings. The van der Waals surface area contributed by atoms with Gasteiger partial charge in [-0.2, -0.15) is 0 Å². The molecule has 7 nitrogen and oxygen atoms in total. The molecule has 6 rings (SSSR count). The molecule has 0 saturated carbocycles. The minimum atomic E-state index is -0.875. The standard InChI is InChI=1S/C17H16O5.C15H12O2/c1-20-11-8-12(18)14-13(9-11)22-16(15(19)17(14)21-2)10-6-4-3-5-7-10;16-13-10-15(11-6-2-1-3-7-11)17-14-9-5-4-8-12(13)14/h3-9,16-18H,1-2H3;1-9,15H,10H2. The van der Waals surface area contributed by atoms with Crippen molar-refractivity contribution in [3.05, 3.63) is 119 Å². The molecule has 2 heterocycles. The lowest BCUT2D eigenvalue weighted by molar-refractivity contribution is -0.139. The van der Waals surface area contributed by atoms with Gasteiger partial charge in [0.15, 0.2) is 18.0 Å². The van der Waals surface area contributed by atoms with E-state index in [1.165, 1.54) is 20.3 Å². The van der Waals surface area contributed by atoms with Gasteiger partial charge in [-0.05, 0) is 23.3 Å². The molecular formula is C32H28O7. The average molecular weight is 525 g/mol. The van der Waals surface area contributed by atoms with Gasteiger partial charge >= 0.3 is 0 Å². The number of hydrogen-bond acceptors (Lipinski definition) is 7. The maximum absolute atomic E-state index is 12.6. The van der Waals surface area contributed by atoms with Gasteiger partial charge in [-0.3, -0.25) is 9.59 Å². The first-order chi connectivity index (χ1) is 19.0. The number of benzene rings is 4. The number of carbonyl (C=O) groups excluding carboxylic acids is 2. The number of para-hydroxylation sites is 1. The van der Waals surface area contributed by atoms with Gasteiger partial charge in [0.25, 0.3) is 0 Å². The first-order valence-electron chi connectivity index (χ1n) is 12.5. The number of rotatable bonds is 4.